The third-order valence-corrected chi connectivity index (χ3v) is 3.70. The van der Waals surface area contributed by atoms with Gasteiger partial charge in [0.05, 0.1) is 0 Å². The van der Waals surface area contributed by atoms with Gasteiger partial charge in [0.2, 0.25) is 0 Å². The molecule has 0 aliphatic rings. The summed E-state index contributed by atoms with van der Waals surface area (Å²) in [7, 11) is 2.01. The maximum absolute atomic E-state index is 4.38. The maximum Gasteiger partial charge on any atom is 0.0419 e. The van der Waals surface area contributed by atoms with Gasteiger partial charge in [-0.3, -0.25) is 4.98 Å². The Morgan fingerprint density at radius 1 is 1.11 bits per heavy atom. The molecule has 2 nitrogen and oxygen atoms in total. The number of halogens is 1. The summed E-state index contributed by atoms with van der Waals surface area (Å²) in [4.78, 5) is 4.38. The number of aromatic nitrogens is 1. The topological polar surface area (TPSA) is 24.9 Å². The first kappa shape index (κ1) is 13.5. The number of nitrogens with one attached hydrogen (secondary N) is 1. The summed E-state index contributed by atoms with van der Waals surface area (Å²) in [5, 5.41) is 3.37. The molecule has 1 atom stereocenters. The van der Waals surface area contributed by atoms with Crippen molar-refractivity contribution in [3.63, 3.8) is 0 Å². The van der Waals surface area contributed by atoms with Crippen molar-refractivity contribution in [3.05, 3.63) is 63.5 Å². The third-order valence-electron chi connectivity index (χ3n) is 2.99. The third kappa shape index (κ3) is 4.07. The minimum absolute atomic E-state index is 0.431. The van der Waals surface area contributed by atoms with Crippen molar-refractivity contribution in [1.82, 2.24) is 10.3 Å². The molecule has 0 spiro atoms. The standard InChI is InChI=1S/C15H17IN2/c1-17-15(11-14-4-2-3-9-18-14)10-12-5-7-13(16)8-6-12/h2-9,15,17H,10-11H2,1H3. The van der Waals surface area contributed by atoms with E-state index >= 15 is 0 Å². The van der Waals surface area contributed by atoms with Crippen LogP contribution in [0, 0.1) is 3.57 Å². The van der Waals surface area contributed by atoms with Crippen molar-refractivity contribution in [2.24, 2.45) is 0 Å². The van der Waals surface area contributed by atoms with Crippen molar-refractivity contribution < 1.29 is 0 Å². The molecule has 0 aliphatic carbocycles. The number of rotatable bonds is 5. The van der Waals surface area contributed by atoms with Gasteiger partial charge in [0.15, 0.2) is 0 Å². The van der Waals surface area contributed by atoms with Crippen LogP contribution in [-0.4, -0.2) is 18.1 Å². The van der Waals surface area contributed by atoms with E-state index in [2.05, 4.69) is 63.2 Å². The molecule has 0 saturated heterocycles. The number of hydrogen-bond acceptors (Lipinski definition) is 2. The molecular formula is C15H17IN2. The first-order valence-electron chi connectivity index (χ1n) is 6.09. The monoisotopic (exact) mass is 352 g/mol. The van der Waals surface area contributed by atoms with Crippen LogP contribution in [0.1, 0.15) is 11.3 Å². The Hall–Kier alpha value is -0.940. The normalized spacial score (nSPS) is 12.3. The summed E-state index contributed by atoms with van der Waals surface area (Å²) < 4.78 is 1.28. The molecule has 2 rings (SSSR count). The van der Waals surface area contributed by atoms with E-state index in [4.69, 9.17) is 0 Å². The molecule has 1 N–H and O–H groups in total. The zero-order valence-electron chi connectivity index (χ0n) is 10.4. The number of hydrogen-bond donors (Lipinski definition) is 1. The van der Waals surface area contributed by atoms with E-state index in [1.165, 1.54) is 9.13 Å². The molecule has 18 heavy (non-hydrogen) atoms. The highest BCUT2D eigenvalue weighted by Gasteiger charge is 2.08. The quantitative estimate of drug-likeness (QED) is 0.837. The Morgan fingerprint density at radius 3 is 2.50 bits per heavy atom. The Labute approximate surface area is 122 Å². The van der Waals surface area contributed by atoms with Crippen LogP contribution in [-0.2, 0) is 12.8 Å². The Kier molecular flexibility index (Phi) is 5.13. The fraction of sp³-hybridized carbons (Fsp3) is 0.267. The van der Waals surface area contributed by atoms with E-state index in [1.54, 1.807) is 0 Å². The summed E-state index contributed by atoms with van der Waals surface area (Å²) in [5.41, 5.74) is 2.51. The molecule has 2 aromatic rings. The van der Waals surface area contributed by atoms with Crippen LogP contribution in [0.15, 0.2) is 48.7 Å². The van der Waals surface area contributed by atoms with Crippen LogP contribution in [0.2, 0.25) is 0 Å². The molecule has 0 radical (unpaired) electrons. The SMILES string of the molecule is CNC(Cc1ccc(I)cc1)Cc1ccccn1. The molecule has 1 heterocycles. The number of nitrogens with zero attached hydrogens (tertiary/aromatic N) is 1. The molecule has 0 amide bonds. The highest BCUT2D eigenvalue weighted by atomic mass is 127. The Balaban J connectivity index is 1.99. The van der Waals surface area contributed by atoms with Crippen LogP contribution in [0.3, 0.4) is 0 Å². The average molecular weight is 352 g/mol. The predicted molar refractivity (Wildman–Crippen MR) is 83.7 cm³/mol. The molecule has 1 unspecified atom stereocenters. The lowest BCUT2D eigenvalue weighted by atomic mass is 10.0. The van der Waals surface area contributed by atoms with Gasteiger partial charge in [-0.05, 0) is 65.9 Å². The number of pyridine rings is 1. The average Bonchev–Trinajstić information content (AvgIpc) is 2.41. The Bertz CT molecular complexity index is 468. The van der Waals surface area contributed by atoms with Gasteiger partial charge in [-0.1, -0.05) is 18.2 Å². The van der Waals surface area contributed by atoms with E-state index in [1.807, 2.05) is 25.4 Å². The second-order valence-corrected chi connectivity index (χ2v) is 5.59. The van der Waals surface area contributed by atoms with Crippen molar-refractivity contribution in [2.45, 2.75) is 18.9 Å². The summed E-state index contributed by atoms with van der Waals surface area (Å²) >= 11 is 2.33. The highest BCUT2D eigenvalue weighted by Crippen LogP contribution is 2.10. The fourth-order valence-corrected chi connectivity index (χ4v) is 2.31. The predicted octanol–water partition coefficient (Wildman–Crippen LogP) is 3.06. The first-order chi connectivity index (χ1) is 8.78. The molecule has 0 saturated carbocycles. The van der Waals surface area contributed by atoms with Crippen molar-refractivity contribution in [2.75, 3.05) is 7.05 Å². The molecule has 0 aliphatic heterocycles. The van der Waals surface area contributed by atoms with Crippen LogP contribution in [0.25, 0.3) is 0 Å². The van der Waals surface area contributed by atoms with Gasteiger partial charge in [-0.15, -0.1) is 0 Å². The van der Waals surface area contributed by atoms with Gasteiger partial charge in [-0.25, -0.2) is 0 Å². The van der Waals surface area contributed by atoms with Crippen LogP contribution in [0.4, 0.5) is 0 Å². The summed E-state index contributed by atoms with van der Waals surface area (Å²) in [6, 6.07) is 15.2. The van der Waals surface area contributed by atoms with Crippen LogP contribution in [0.5, 0.6) is 0 Å². The van der Waals surface area contributed by atoms with Crippen molar-refractivity contribution in [3.8, 4) is 0 Å². The second-order valence-electron chi connectivity index (χ2n) is 4.34. The van der Waals surface area contributed by atoms with Gasteiger partial charge in [0, 0.05) is 27.9 Å². The lowest BCUT2D eigenvalue weighted by molar-refractivity contribution is 0.550. The van der Waals surface area contributed by atoms with Gasteiger partial charge < -0.3 is 5.32 Å². The molecule has 0 bridgehead atoms. The van der Waals surface area contributed by atoms with Gasteiger partial charge in [0.1, 0.15) is 0 Å². The minimum atomic E-state index is 0.431. The molecule has 1 aromatic carbocycles. The molecule has 1 aromatic heterocycles. The van der Waals surface area contributed by atoms with Crippen molar-refractivity contribution in [1.29, 1.82) is 0 Å². The largest absolute Gasteiger partial charge is 0.316 e. The zero-order chi connectivity index (χ0) is 12.8. The highest BCUT2D eigenvalue weighted by molar-refractivity contribution is 14.1. The van der Waals surface area contributed by atoms with E-state index in [-0.39, 0.29) is 0 Å². The molecule has 3 heteroatoms. The summed E-state index contributed by atoms with van der Waals surface area (Å²) in [6.45, 7) is 0. The summed E-state index contributed by atoms with van der Waals surface area (Å²) in [6.07, 6.45) is 3.85. The zero-order valence-corrected chi connectivity index (χ0v) is 12.6. The smallest absolute Gasteiger partial charge is 0.0419 e. The molecular weight excluding hydrogens is 335 g/mol. The lowest BCUT2D eigenvalue weighted by Crippen LogP contribution is -2.30. The number of benzene rings is 1. The van der Waals surface area contributed by atoms with Gasteiger partial charge in [-0.2, -0.15) is 0 Å². The van der Waals surface area contributed by atoms with Gasteiger partial charge in [0.25, 0.3) is 0 Å². The first-order valence-corrected chi connectivity index (χ1v) is 7.17. The van der Waals surface area contributed by atoms with Crippen molar-refractivity contribution >= 4 is 22.6 Å². The van der Waals surface area contributed by atoms with E-state index < -0.39 is 0 Å². The Morgan fingerprint density at radius 2 is 1.89 bits per heavy atom. The van der Waals surface area contributed by atoms with Crippen LogP contribution < -0.4 is 5.32 Å². The van der Waals surface area contributed by atoms with Crippen LogP contribution >= 0.6 is 22.6 Å². The maximum atomic E-state index is 4.38. The molecule has 94 valence electrons. The van der Waals surface area contributed by atoms with Gasteiger partial charge >= 0.3 is 0 Å². The summed E-state index contributed by atoms with van der Waals surface area (Å²) in [5.74, 6) is 0. The molecule has 0 fully saturated rings. The second kappa shape index (κ2) is 6.85. The minimum Gasteiger partial charge on any atom is -0.316 e. The van der Waals surface area contributed by atoms with E-state index in [0.717, 1.165) is 18.5 Å². The van der Waals surface area contributed by atoms with E-state index in [0.29, 0.717) is 6.04 Å². The van der Waals surface area contributed by atoms with E-state index in [9.17, 15) is 0 Å². The number of likely N-dealkylation sites (N-methyl/N-ethyl adjacent to an activating group) is 1. The fourth-order valence-electron chi connectivity index (χ4n) is 1.95. The lowest BCUT2D eigenvalue weighted by Gasteiger charge is -2.15.